The Bertz CT molecular complexity index is 411. The number of carbonyl (C=O) groups is 2. The topological polar surface area (TPSA) is 58.2 Å². The summed E-state index contributed by atoms with van der Waals surface area (Å²) in [6.07, 6.45) is 5.58. The molecule has 2 fully saturated rings. The molecule has 2 aliphatic rings. The molecule has 2 aliphatic carbocycles. The van der Waals surface area contributed by atoms with Gasteiger partial charge in [-0.3, -0.25) is 9.59 Å². The first kappa shape index (κ1) is 16.1. The van der Waals surface area contributed by atoms with Gasteiger partial charge in [0.05, 0.1) is 0 Å². The zero-order valence-corrected chi connectivity index (χ0v) is 13.4. The molecule has 118 valence electrons. The quantitative estimate of drug-likeness (QED) is 0.675. The molecule has 0 aliphatic heterocycles. The summed E-state index contributed by atoms with van der Waals surface area (Å²) in [5, 5.41) is 6.03. The van der Waals surface area contributed by atoms with Crippen molar-refractivity contribution in [3.8, 4) is 0 Å². The number of carbonyl (C=O) groups excluding carboxylic acids is 2. The van der Waals surface area contributed by atoms with Crippen molar-refractivity contribution in [2.45, 2.75) is 65.0 Å². The van der Waals surface area contributed by atoms with Crippen LogP contribution in [-0.4, -0.2) is 23.9 Å². The Labute approximate surface area is 127 Å². The fourth-order valence-corrected chi connectivity index (χ4v) is 2.78. The molecule has 0 bridgehead atoms. The first-order valence-corrected chi connectivity index (χ1v) is 8.15. The zero-order valence-electron chi connectivity index (χ0n) is 13.4. The number of hydrogen-bond acceptors (Lipinski definition) is 2. The zero-order chi connectivity index (χ0) is 15.6. The molecule has 0 unspecified atom stereocenters. The molecule has 2 rings (SSSR count). The number of nitrogens with one attached hydrogen (secondary N) is 2. The molecule has 0 aromatic heterocycles. The Morgan fingerprint density at radius 1 is 1.10 bits per heavy atom. The van der Waals surface area contributed by atoms with Gasteiger partial charge in [-0.05, 0) is 56.8 Å². The second kappa shape index (κ2) is 6.63. The first-order valence-electron chi connectivity index (χ1n) is 8.15. The van der Waals surface area contributed by atoms with Crippen LogP contribution in [0.25, 0.3) is 0 Å². The molecular formula is C17H28N2O2. The van der Waals surface area contributed by atoms with Crippen molar-refractivity contribution in [2.24, 2.45) is 17.8 Å². The molecule has 0 saturated heterocycles. The maximum absolute atomic E-state index is 12.6. The maximum atomic E-state index is 12.6. The van der Waals surface area contributed by atoms with E-state index in [-0.39, 0.29) is 11.8 Å². The van der Waals surface area contributed by atoms with Crippen LogP contribution in [0.4, 0.5) is 0 Å². The van der Waals surface area contributed by atoms with Gasteiger partial charge in [-0.15, -0.1) is 0 Å². The van der Waals surface area contributed by atoms with E-state index in [0.29, 0.717) is 35.8 Å². The van der Waals surface area contributed by atoms with Crippen molar-refractivity contribution in [3.63, 3.8) is 0 Å². The van der Waals surface area contributed by atoms with Gasteiger partial charge in [-0.2, -0.15) is 0 Å². The van der Waals surface area contributed by atoms with Crippen LogP contribution in [0.15, 0.2) is 12.2 Å². The van der Waals surface area contributed by atoms with Gasteiger partial charge < -0.3 is 10.6 Å². The van der Waals surface area contributed by atoms with Gasteiger partial charge in [0, 0.05) is 11.6 Å². The number of rotatable bonds is 8. The van der Waals surface area contributed by atoms with Gasteiger partial charge in [-0.25, -0.2) is 0 Å². The van der Waals surface area contributed by atoms with Gasteiger partial charge >= 0.3 is 0 Å². The summed E-state index contributed by atoms with van der Waals surface area (Å²) >= 11 is 0. The van der Waals surface area contributed by atoms with E-state index in [1.807, 2.05) is 0 Å². The van der Waals surface area contributed by atoms with Gasteiger partial charge in [-0.1, -0.05) is 20.4 Å². The molecule has 0 spiro atoms. The summed E-state index contributed by atoms with van der Waals surface area (Å²) in [6.45, 7) is 9.43. The fourth-order valence-electron chi connectivity index (χ4n) is 2.78. The molecule has 4 heteroatoms. The smallest absolute Gasteiger partial charge is 0.246 e. The average molecular weight is 292 g/mol. The number of amides is 2. The summed E-state index contributed by atoms with van der Waals surface area (Å²) in [7, 11) is 0. The Morgan fingerprint density at radius 2 is 1.62 bits per heavy atom. The summed E-state index contributed by atoms with van der Waals surface area (Å²) in [5.74, 6) is 1.43. The average Bonchev–Trinajstić information content (AvgIpc) is 3.27. The highest BCUT2D eigenvalue weighted by Gasteiger charge is 2.42. The minimum Gasteiger partial charge on any atom is -0.351 e. The lowest BCUT2D eigenvalue weighted by Crippen LogP contribution is -2.51. The van der Waals surface area contributed by atoms with E-state index in [1.54, 1.807) is 6.92 Å². The molecule has 2 N–H and O–H groups in total. The van der Waals surface area contributed by atoms with Crippen LogP contribution in [0.3, 0.4) is 0 Å². The van der Waals surface area contributed by atoms with Crippen LogP contribution in [0.2, 0.25) is 0 Å². The normalized spacial score (nSPS) is 19.5. The largest absolute Gasteiger partial charge is 0.351 e. The Hall–Kier alpha value is -1.32. The molecule has 2 amide bonds. The van der Waals surface area contributed by atoms with E-state index in [0.717, 1.165) is 0 Å². The van der Waals surface area contributed by atoms with Crippen LogP contribution in [0.5, 0.6) is 0 Å². The third-order valence-electron chi connectivity index (χ3n) is 4.29. The van der Waals surface area contributed by atoms with Crippen molar-refractivity contribution in [1.82, 2.24) is 10.6 Å². The molecule has 4 nitrogen and oxygen atoms in total. The van der Waals surface area contributed by atoms with Crippen molar-refractivity contribution in [2.75, 3.05) is 0 Å². The van der Waals surface area contributed by atoms with Crippen LogP contribution >= 0.6 is 0 Å². The molecule has 21 heavy (non-hydrogen) atoms. The third-order valence-corrected chi connectivity index (χ3v) is 4.29. The minimum absolute atomic E-state index is 0.0258. The van der Waals surface area contributed by atoms with Crippen LogP contribution in [0.1, 0.15) is 52.9 Å². The van der Waals surface area contributed by atoms with E-state index < -0.39 is 6.04 Å². The predicted molar refractivity (Wildman–Crippen MR) is 83.6 cm³/mol. The van der Waals surface area contributed by atoms with Crippen molar-refractivity contribution >= 4 is 11.8 Å². The van der Waals surface area contributed by atoms with Crippen LogP contribution < -0.4 is 10.6 Å². The minimum atomic E-state index is -0.450. The van der Waals surface area contributed by atoms with E-state index >= 15 is 0 Å². The molecule has 0 heterocycles. The standard InChI is InChI=1S/C17H28N2O2/c1-10(2)9-14(18-16(20)11(3)4)17(21)19-15(12-5-6-12)13-7-8-13/h10,12-15H,3,5-9H2,1-2,4H3,(H,18,20)(H,19,21)/t14-/m1/s1. The number of hydrogen-bond donors (Lipinski definition) is 2. The fraction of sp³-hybridized carbons (Fsp3) is 0.765. The maximum Gasteiger partial charge on any atom is 0.246 e. The lowest BCUT2D eigenvalue weighted by atomic mass is 10.0. The summed E-state index contributed by atoms with van der Waals surface area (Å²) in [4.78, 5) is 24.4. The van der Waals surface area contributed by atoms with E-state index in [2.05, 4.69) is 31.1 Å². The summed E-state index contributed by atoms with van der Waals surface area (Å²) in [6, 6.07) is -0.122. The van der Waals surface area contributed by atoms with Gasteiger partial charge in [0.15, 0.2) is 0 Å². The third kappa shape index (κ3) is 4.87. The lowest BCUT2D eigenvalue weighted by molar-refractivity contribution is -0.128. The van der Waals surface area contributed by atoms with Crippen molar-refractivity contribution in [3.05, 3.63) is 12.2 Å². The molecule has 0 aromatic rings. The van der Waals surface area contributed by atoms with Gasteiger partial charge in [0.2, 0.25) is 11.8 Å². The SMILES string of the molecule is C=C(C)C(=O)N[C@H](CC(C)C)C(=O)NC(C1CC1)C1CC1. The summed E-state index contributed by atoms with van der Waals surface area (Å²) < 4.78 is 0. The van der Waals surface area contributed by atoms with E-state index in [9.17, 15) is 9.59 Å². The Morgan fingerprint density at radius 3 is 2.00 bits per heavy atom. The highest BCUT2D eigenvalue weighted by atomic mass is 16.2. The Balaban J connectivity index is 1.95. The van der Waals surface area contributed by atoms with Crippen LogP contribution in [0, 0.1) is 17.8 Å². The molecule has 1 atom stereocenters. The lowest BCUT2D eigenvalue weighted by Gasteiger charge is -2.24. The molecule has 0 aromatic carbocycles. The monoisotopic (exact) mass is 292 g/mol. The second-order valence-electron chi connectivity index (χ2n) is 7.15. The molecule has 0 radical (unpaired) electrons. The van der Waals surface area contributed by atoms with Crippen molar-refractivity contribution < 1.29 is 9.59 Å². The highest BCUT2D eigenvalue weighted by Crippen LogP contribution is 2.44. The summed E-state index contributed by atoms with van der Waals surface area (Å²) in [5.41, 5.74) is 0.442. The predicted octanol–water partition coefficient (Wildman–Crippen LogP) is 2.40. The van der Waals surface area contributed by atoms with E-state index in [4.69, 9.17) is 0 Å². The van der Waals surface area contributed by atoms with Gasteiger partial charge in [0.25, 0.3) is 0 Å². The van der Waals surface area contributed by atoms with Gasteiger partial charge in [0.1, 0.15) is 6.04 Å². The van der Waals surface area contributed by atoms with Crippen LogP contribution in [-0.2, 0) is 9.59 Å². The second-order valence-corrected chi connectivity index (χ2v) is 7.15. The molecule has 2 saturated carbocycles. The van der Waals surface area contributed by atoms with Crippen molar-refractivity contribution in [1.29, 1.82) is 0 Å². The first-order chi connectivity index (χ1) is 9.88. The van der Waals surface area contributed by atoms with E-state index in [1.165, 1.54) is 25.7 Å². The Kier molecular flexibility index (Phi) is 5.07. The molecular weight excluding hydrogens is 264 g/mol. The highest BCUT2D eigenvalue weighted by molar-refractivity contribution is 5.96.